The average Bonchev–Trinajstić information content (AvgIpc) is 2.61. The molecule has 0 aliphatic heterocycles. The highest BCUT2D eigenvalue weighted by Crippen LogP contribution is 2.28. The Morgan fingerprint density at radius 1 is 0.958 bits per heavy atom. The van der Waals surface area contributed by atoms with Crippen molar-refractivity contribution in [3.8, 4) is 16.9 Å². The second kappa shape index (κ2) is 7.01. The Balaban J connectivity index is 1.86. The lowest BCUT2D eigenvalue weighted by molar-refractivity contribution is 0.0696. The summed E-state index contributed by atoms with van der Waals surface area (Å²) in [5.41, 5.74) is 4.03. The van der Waals surface area contributed by atoms with Crippen molar-refractivity contribution in [2.24, 2.45) is 0 Å². The molecule has 3 rings (SSSR count). The largest absolute Gasteiger partial charge is 0.489 e. The van der Waals surface area contributed by atoms with Crippen LogP contribution in [0.15, 0.2) is 72.8 Å². The Hall–Kier alpha value is -3.07. The van der Waals surface area contributed by atoms with Crippen molar-refractivity contribution >= 4 is 5.97 Å². The maximum Gasteiger partial charge on any atom is 0.335 e. The highest BCUT2D eigenvalue weighted by molar-refractivity contribution is 5.92. The topological polar surface area (TPSA) is 46.5 Å². The van der Waals surface area contributed by atoms with Crippen LogP contribution in [0.4, 0.5) is 0 Å². The van der Waals surface area contributed by atoms with E-state index in [1.54, 1.807) is 12.1 Å². The first-order chi connectivity index (χ1) is 11.6. The van der Waals surface area contributed by atoms with Crippen LogP contribution in [0.5, 0.6) is 5.75 Å². The monoisotopic (exact) mass is 318 g/mol. The van der Waals surface area contributed by atoms with Crippen molar-refractivity contribution in [3.63, 3.8) is 0 Å². The van der Waals surface area contributed by atoms with Crippen LogP contribution in [0.25, 0.3) is 11.1 Å². The van der Waals surface area contributed by atoms with Gasteiger partial charge in [-0.2, -0.15) is 0 Å². The molecule has 0 radical (unpaired) electrons. The van der Waals surface area contributed by atoms with E-state index in [0.717, 1.165) is 28.0 Å². The van der Waals surface area contributed by atoms with Gasteiger partial charge in [-0.3, -0.25) is 0 Å². The quantitative estimate of drug-likeness (QED) is 0.725. The van der Waals surface area contributed by atoms with Gasteiger partial charge in [0.2, 0.25) is 0 Å². The number of hydrogen-bond acceptors (Lipinski definition) is 2. The second-order valence-corrected chi connectivity index (χ2v) is 5.59. The highest BCUT2D eigenvalue weighted by atomic mass is 16.5. The minimum atomic E-state index is -0.911. The molecule has 0 aromatic heterocycles. The summed E-state index contributed by atoms with van der Waals surface area (Å²) in [6.07, 6.45) is 0. The molecule has 3 nitrogen and oxygen atoms in total. The van der Waals surface area contributed by atoms with Gasteiger partial charge in [-0.25, -0.2) is 4.79 Å². The molecule has 0 unspecified atom stereocenters. The van der Waals surface area contributed by atoms with Crippen molar-refractivity contribution in [3.05, 3.63) is 89.5 Å². The summed E-state index contributed by atoms with van der Waals surface area (Å²) in [5, 5.41) is 9.28. The van der Waals surface area contributed by atoms with Gasteiger partial charge >= 0.3 is 5.97 Å². The van der Waals surface area contributed by atoms with Crippen LogP contribution in [-0.4, -0.2) is 11.1 Å². The first-order valence-corrected chi connectivity index (χ1v) is 7.75. The fourth-order valence-electron chi connectivity index (χ4n) is 2.67. The lowest BCUT2D eigenvalue weighted by Crippen LogP contribution is -2.01. The standard InChI is InChI=1S/C21H18O3/c1-15-19(11-6-12-20(15)21(22)23)17-9-5-10-18(13-17)24-14-16-7-3-2-4-8-16/h2-13H,14H2,1H3,(H,22,23). The third kappa shape index (κ3) is 3.46. The van der Waals surface area contributed by atoms with Crippen LogP contribution in [0.1, 0.15) is 21.5 Å². The van der Waals surface area contributed by atoms with E-state index in [2.05, 4.69) is 0 Å². The van der Waals surface area contributed by atoms with E-state index >= 15 is 0 Å². The Bertz CT molecular complexity index is 854. The molecule has 3 heteroatoms. The van der Waals surface area contributed by atoms with Crippen molar-refractivity contribution in [2.45, 2.75) is 13.5 Å². The summed E-state index contributed by atoms with van der Waals surface area (Å²) in [7, 11) is 0. The SMILES string of the molecule is Cc1c(C(=O)O)cccc1-c1cccc(OCc2ccccc2)c1. The van der Waals surface area contributed by atoms with Crippen molar-refractivity contribution in [2.75, 3.05) is 0 Å². The molecule has 1 N–H and O–H groups in total. The van der Waals surface area contributed by atoms with Gasteiger partial charge in [0, 0.05) is 0 Å². The number of ether oxygens (including phenoxy) is 1. The lowest BCUT2D eigenvalue weighted by Gasteiger charge is -2.11. The summed E-state index contributed by atoms with van der Waals surface area (Å²) in [6.45, 7) is 2.33. The fourth-order valence-corrected chi connectivity index (χ4v) is 2.67. The van der Waals surface area contributed by atoms with E-state index in [1.807, 2.05) is 67.6 Å². The Morgan fingerprint density at radius 3 is 2.46 bits per heavy atom. The Labute approximate surface area is 141 Å². The maximum absolute atomic E-state index is 11.3. The number of carboxylic acid groups (broad SMARTS) is 1. The zero-order valence-corrected chi connectivity index (χ0v) is 13.4. The van der Waals surface area contributed by atoms with Crippen molar-refractivity contribution < 1.29 is 14.6 Å². The molecule has 0 spiro atoms. The van der Waals surface area contributed by atoms with Gasteiger partial charge in [0.05, 0.1) is 5.56 Å². The van der Waals surface area contributed by atoms with Gasteiger partial charge in [-0.05, 0) is 47.4 Å². The predicted molar refractivity (Wildman–Crippen MR) is 94.3 cm³/mol. The van der Waals surface area contributed by atoms with E-state index in [9.17, 15) is 9.90 Å². The van der Waals surface area contributed by atoms with Gasteiger partial charge in [0.1, 0.15) is 12.4 Å². The summed E-state index contributed by atoms with van der Waals surface area (Å²) in [6, 6.07) is 23.0. The maximum atomic E-state index is 11.3. The molecule has 0 saturated carbocycles. The number of hydrogen-bond donors (Lipinski definition) is 1. The normalized spacial score (nSPS) is 10.4. The van der Waals surface area contributed by atoms with E-state index < -0.39 is 5.97 Å². The van der Waals surface area contributed by atoms with Crippen molar-refractivity contribution in [1.82, 2.24) is 0 Å². The van der Waals surface area contributed by atoms with E-state index in [1.165, 1.54) is 0 Å². The summed E-state index contributed by atoms with van der Waals surface area (Å²) in [5.74, 6) is -0.151. The zero-order chi connectivity index (χ0) is 16.9. The summed E-state index contributed by atoms with van der Waals surface area (Å²) < 4.78 is 5.86. The van der Waals surface area contributed by atoms with Crippen LogP contribution < -0.4 is 4.74 Å². The first kappa shape index (κ1) is 15.8. The molecule has 0 amide bonds. The molecule has 0 saturated heterocycles. The summed E-state index contributed by atoms with van der Waals surface area (Å²) in [4.78, 5) is 11.3. The molecule has 0 heterocycles. The zero-order valence-electron chi connectivity index (χ0n) is 13.4. The van der Waals surface area contributed by atoms with Gasteiger partial charge in [-0.15, -0.1) is 0 Å². The van der Waals surface area contributed by atoms with Crippen LogP contribution in [0.3, 0.4) is 0 Å². The summed E-state index contributed by atoms with van der Waals surface area (Å²) >= 11 is 0. The molecular formula is C21H18O3. The number of carbonyl (C=O) groups is 1. The number of aromatic carboxylic acids is 1. The third-order valence-electron chi connectivity index (χ3n) is 3.96. The number of rotatable bonds is 5. The van der Waals surface area contributed by atoms with Crippen LogP contribution in [-0.2, 0) is 6.61 Å². The Kier molecular flexibility index (Phi) is 4.62. The lowest BCUT2D eigenvalue weighted by atomic mass is 9.96. The van der Waals surface area contributed by atoms with Crippen molar-refractivity contribution in [1.29, 1.82) is 0 Å². The van der Waals surface area contributed by atoms with E-state index in [0.29, 0.717) is 12.2 Å². The predicted octanol–water partition coefficient (Wildman–Crippen LogP) is 4.94. The van der Waals surface area contributed by atoms with Gasteiger partial charge in [0.15, 0.2) is 0 Å². The third-order valence-corrected chi connectivity index (χ3v) is 3.96. The minimum absolute atomic E-state index is 0.322. The van der Waals surface area contributed by atoms with E-state index in [4.69, 9.17) is 4.74 Å². The van der Waals surface area contributed by atoms with Crippen LogP contribution in [0, 0.1) is 6.92 Å². The van der Waals surface area contributed by atoms with Crippen LogP contribution >= 0.6 is 0 Å². The molecule has 24 heavy (non-hydrogen) atoms. The van der Waals surface area contributed by atoms with Gasteiger partial charge in [0.25, 0.3) is 0 Å². The van der Waals surface area contributed by atoms with E-state index in [-0.39, 0.29) is 0 Å². The highest BCUT2D eigenvalue weighted by Gasteiger charge is 2.11. The molecule has 0 aliphatic rings. The number of carboxylic acids is 1. The molecule has 3 aromatic carbocycles. The molecule has 0 atom stereocenters. The van der Waals surface area contributed by atoms with Gasteiger partial charge in [-0.1, -0.05) is 54.6 Å². The second-order valence-electron chi connectivity index (χ2n) is 5.59. The molecule has 0 fully saturated rings. The average molecular weight is 318 g/mol. The molecule has 120 valence electrons. The Morgan fingerprint density at radius 2 is 1.71 bits per heavy atom. The smallest absolute Gasteiger partial charge is 0.335 e. The fraction of sp³-hybridized carbons (Fsp3) is 0.0952. The van der Waals surface area contributed by atoms with Crippen LogP contribution in [0.2, 0.25) is 0 Å². The van der Waals surface area contributed by atoms with Gasteiger partial charge < -0.3 is 9.84 Å². The number of benzene rings is 3. The molecule has 0 bridgehead atoms. The molecule has 0 aliphatic carbocycles. The molecular weight excluding hydrogens is 300 g/mol. The molecule has 3 aromatic rings. The first-order valence-electron chi connectivity index (χ1n) is 7.75. The minimum Gasteiger partial charge on any atom is -0.489 e.